The van der Waals surface area contributed by atoms with Gasteiger partial charge in [-0.2, -0.15) is 18.2 Å². The number of carboxylic acids is 1. The van der Waals surface area contributed by atoms with Crippen LogP contribution in [0.4, 0.5) is 5.13 Å². The number of thiazole rings is 1. The van der Waals surface area contributed by atoms with E-state index in [1.54, 1.807) is 6.07 Å². The number of carbonyl (C=O) groups excluding carboxylic acids is 2. The van der Waals surface area contributed by atoms with Crippen molar-refractivity contribution in [2.45, 2.75) is 69.5 Å². The maximum atomic E-state index is 13.5. The van der Waals surface area contributed by atoms with Gasteiger partial charge in [-0.3, -0.25) is 14.1 Å². The van der Waals surface area contributed by atoms with Gasteiger partial charge in [0.1, 0.15) is 24.0 Å². The van der Waals surface area contributed by atoms with Crippen molar-refractivity contribution in [1.29, 1.82) is 0 Å². The zero-order valence-corrected chi connectivity index (χ0v) is 29.0. The number of aliphatic hydroxyl groups is 1. The molecule has 0 spiro atoms. The third-order valence-corrected chi connectivity index (χ3v) is 9.51. The van der Waals surface area contributed by atoms with Gasteiger partial charge < -0.3 is 36.6 Å². The van der Waals surface area contributed by atoms with Crippen LogP contribution in [0.25, 0.3) is 11.1 Å². The number of aliphatic carboxylic acids is 1. The average Bonchev–Trinajstić information content (AvgIpc) is 3.65. The number of aryl methyl sites for hydroxylation is 2. The number of nitrogens with one attached hydrogen (secondary N) is 1. The summed E-state index contributed by atoms with van der Waals surface area (Å²) in [5.41, 5.74) is 9.73. The number of hydrogen-bond donors (Lipinski definition) is 6. The molecule has 2 amide bonds. The highest BCUT2D eigenvalue weighted by molar-refractivity contribution is 7.80. The van der Waals surface area contributed by atoms with E-state index in [9.17, 15) is 33.0 Å². The van der Waals surface area contributed by atoms with Gasteiger partial charge in [0, 0.05) is 11.9 Å². The average molecular weight is 738 g/mol. The standard InChI is InChI=1S/C29H36N8O11S2/c1-28(2)23(25(40)37(28)48-50(43,44)45)33-24(39)22(19-14-49-27(31)32-19)34-47-29(3,26(41)42)21-8-6-16-9-15(5-7-20(16)46-21)17-11-35(4)36(12-17)13-18(38)10-30/h5,7,9,11-12,14,18,21,23,38H,6,8,10,13,30H2,1-4H3,(H4-,31,32,33,39,41,42,43,44,45)/p+1/b34-22-/t18-,21?,23?,29?/m1/s1. The second-order valence-corrected chi connectivity index (χ2v) is 14.4. The molecule has 19 nitrogen and oxygen atoms in total. The summed E-state index contributed by atoms with van der Waals surface area (Å²) in [7, 11) is -3.19. The summed E-state index contributed by atoms with van der Waals surface area (Å²) in [6.45, 7) is 4.42. The molecule has 2 aliphatic heterocycles. The number of aliphatic hydroxyl groups excluding tert-OH is 1. The zero-order chi connectivity index (χ0) is 36.8. The Morgan fingerprint density at radius 3 is 2.66 bits per heavy atom. The molecule has 21 heteroatoms. The van der Waals surface area contributed by atoms with Crippen LogP contribution in [0, 0.1) is 0 Å². The molecule has 270 valence electrons. The molecule has 2 aliphatic rings. The van der Waals surface area contributed by atoms with Crippen molar-refractivity contribution in [3.63, 3.8) is 0 Å². The molecule has 0 aliphatic carbocycles. The molecule has 3 aromatic rings. The maximum Gasteiger partial charge on any atom is 0.418 e. The summed E-state index contributed by atoms with van der Waals surface area (Å²) in [6.07, 6.45) is 2.64. The minimum Gasteiger partial charge on any atom is -0.485 e. The van der Waals surface area contributed by atoms with E-state index in [-0.39, 0.29) is 23.8 Å². The van der Waals surface area contributed by atoms with Crippen LogP contribution >= 0.6 is 11.3 Å². The predicted molar refractivity (Wildman–Crippen MR) is 175 cm³/mol. The smallest absolute Gasteiger partial charge is 0.418 e. The number of nitrogens with zero attached hydrogens (tertiary/aromatic N) is 5. The maximum absolute atomic E-state index is 13.5. The van der Waals surface area contributed by atoms with Crippen molar-refractivity contribution in [2.24, 2.45) is 17.9 Å². The molecule has 2 aromatic heterocycles. The fraction of sp³-hybridized carbons (Fsp3) is 0.448. The minimum absolute atomic E-state index is 0.0549. The Morgan fingerprint density at radius 2 is 2.06 bits per heavy atom. The number of carboxylic acid groups (broad SMARTS) is 1. The van der Waals surface area contributed by atoms with Gasteiger partial charge in [-0.1, -0.05) is 11.2 Å². The Bertz CT molecular complexity index is 1960. The molecule has 3 unspecified atom stereocenters. The van der Waals surface area contributed by atoms with E-state index in [4.69, 9.17) is 25.6 Å². The summed E-state index contributed by atoms with van der Waals surface area (Å²) in [6, 6.07) is 4.13. The topological polar surface area (TPSA) is 275 Å². The molecule has 0 bridgehead atoms. The molecule has 0 radical (unpaired) electrons. The molecular formula is C29H37N8O11S2+. The second-order valence-electron chi connectivity index (χ2n) is 12.5. The van der Waals surface area contributed by atoms with Gasteiger partial charge in [-0.15, -0.1) is 20.3 Å². The third-order valence-electron chi connectivity index (χ3n) is 8.49. The van der Waals surface area contributed by atoms with Gasteiger partial charge >= 0.3 is 16.4 Å². The Morgan fingerprint density at radius 1 is 1.34 bits per heavy atom. The molecule has 8 N–H and O–H groups in total. The van der Waals surface area contributed by atoms with Gasteiger partial charge in [0.15, 0.2) is 24.0 Å². The van der Waals surface area contributed by atoms with Gasteiger partial charge in [-0.05, 0) is 56.9 Å². The molecule has 1 saturated heterocycles. The van der Waals surface area contributed by atoms with Crippen molar-refractivity contribution < 1.29 is 56.1 Å². The molecule has 1 fully saturated rings. The fourth-order valence-electron chi connectivity index (χ4n) is 5.53. The van der Waals surface area contributed by atoms with Crippen LogP contribution in [-0.4, -0.2) is 97.3 Å². The van der Waals surface area contributed by atoms with E-state index in [2.05, 4.69) is 19.7 Å². The lowest BCUT2D eigenvalue weighted by atomic mass is 9.84. The summed E-state index contributed by atoms with van der Waals surface area (Å²) >= 11 is 0.962. The number of nitrogen functional groups attached to an aromatic ring is 1. The highest BCUT2D eigenvalue weighted by atomic mass is 32.3. The number of carbonyl (C=O) groups is 3. The summed E-state index contributed by atoms with van der Waals surface area (Å²) in [5, 5.41) is 28.4. The Balaban J connectivity index is 1.36. The zero-order valence-electron chi connectivity index (χ0n) is 27.3. The summed E-state index contributed by atoms with van der Waals surface area (Å²) < 4.78 is 45.5. The number of anilines is 1. The van der Waals surface area contributed by atoms with Crippen molar-refractivity contribution in [3.8, 4) is 16.9 Å². The lowest BCUT2D eigenvalue weighted by Gasteiger charge is -2.50. The SMILES string of the molecule is C[n+]1cc(-c2ccc3c(c2)CCC(C(C)(O/N=C(\C(=O)NC2C(=O)N(OS(=O)(=O)O)C2(C)C)c2csc(N)n2)C(=O)O)O3)cn1C[C@H](O)CN. The van der Waals surface area contributed by atoms with Crippen LogP contribution in [-0.2, 0) is 53.9 Å². The minimum atomic E-state index is -5.03. The van der Waals surface area contributed by atoms with E-state index in [0.29, 0.717) is 23.8 Å². The lowest BCUT2D eigenvalue weighted by molar-refractivity contribution is -0.754. The predicted octanol–water partition coefficient (Wildman–Crippen LogP) is -0.864. The van der Waals surface area contributed by atoms with Gasteiger partial charge in [0.2, 0.25) is 6.20 Å². The number of fused-ring (bicyclic) bond motifs is 1. The Labute approximate surface area is 289 Å². The molecule has 5 rings (SSSR count). The first kappa shape index (κ1) is 36.6. The largest absolute Gasteiger partial charge is 0.485 e. The highest BCUT2D eigenvalue weighted by Gasteiger charge is 2.58. The number of amides is 2. The molecule has 1 aromatic carbocycles. The van der Waals surface area contributed by atoms with Crippen LogP contribution in [0.15, 0.2) is 41.1 Å². The fourth-order valence-corrected chi connectivity index (χ4v) is 6.54. The number of nitrogens with two attached hydrogens (primary N) is 2. The number of rotatable bonds is 13. The van der Waals surface area contributed by atoms with Crippen LogP contribution in [0.2, 0.25) is 0 Å². The van der Waals surface area contributed by atoms with Gasteiger partial charge in [0.05, 0.1) is 23.4 Å². The monoisotopic (exact) mass is 737 g/mol. The van der Waals surface area contributed by atoms with E-state index in [0.717, 1.165) is 28.0 Å². The summed E-state index contributed by atoms with van der Waals surface area (Å²) in [5.74, 6) is -3.03. The van der Waals surface area contributed by atoms with Crippen LogP contribution in [0.5, 0.6) is 5.75 Å². The molecule has 50 heavy (non-hydrogen) atoms. The van der Waals surface area contributed by atoms with Crippen molar-refractivity contribution in [2.75, 3.05) is 12.3 Å². The summed E-state index contributed by atoms with van der Waals surface area (Å²) in [4.78, 5) is 48.4. The number of aromatic nitrogens is 3. The molecule has 4 heterocycles. The van der Waals surface area contributed by atoms with Gasteiger partial charge in [-0.25, -0.2) is 9.78 Å². The van der Waals surface area contributed by atoms with Crippen LogP contribution in [0.1, 0.15) is 38.4 Å². The number of oxime groups is 1. The van der Waals surface area contributed by atoms with Gasteiger partial charge in [0.25, 0.3) is 17.4 Å². The van der Waals surface area contributed by atoms with Crippen molar-refractivity contribution >= 4 is 50.4 Å². The quantitative estimate of drug-likeness (QED) is 0.0410. The Hall–Kier alpha value is -4.67. The van der Waals surface area contributed by atoms with Crippen molar-refractivity contribution in [3.05, 3.63) is 47.2 Å². The highest BCUT2D eigenvalue weighted by Crippen LogP contribution is 2.37. The second kappa shape index (κ2) is 13.6. The molecular weight excluding hydrogens is 700 g/mol. The number of benzene rings is 1. The van der Waals surface area contributed by atoms with E-state index >= 15 is 0 Å². The van der Waals surface area contributed by atoms with E-state index in [1.165, 1.54) is 26.2 Å². The van der Waals surface area contributed by atoms with E-state index < -0.39 is 63.3 Å². The molecule has 0 saturated carbocycles. The first-order valence-electron chi connectivity index (χ1n) is 15.1. The number of β-lactam (4-membered cyclic amide) rings is 1. The first-order valence-corrected chi connectivity index (χ1v) is 17.4. The van der Waals surface area contributed by atoms with Crippen LogP contribution < -0.4 is 26.2 Å². The number of ether oxygens (including phenoxy) is 1. The number of hydrogen-bond acceptors (Lipinski definition) is 14. The van der Waals surface area contributed by atoms with E-state index in [1.807, 2.05) is 40.9 Å². The number of hydroxylamine groups is 2. The first-order chi connectivity index (χ1) is 23.3. The molecule has 4 atom stereocenters. The van der Waals surface area contributed by atoms with Crippen molar-refractivity contribution in [1.82, 2.24) is 20.0 Å². The normalized spacial score (nSPS) is 20.6. The Kier molecular flexibility index (Phi) is 9.93. The third kappa shape index (κ3) is 7.27. The van der Waals surface area contributed by atoms with Crippen LogP contribution in [0.3, 0.4) is 0 Å². The lowest BCUT2D eigenvalue weighted by Crippen LogP contribution is -2.76.